The summed E-state index contributed by atoms with van der Waals surface area (Å²) in [7, 11) is 3.98. The monoisotopic (exact) mass is 684 g/mol. The highest BCUT2D eigenvalue weighted by molar-refractivity contribution is 6.35. The number of alkyl halides is 3. The first-order valence-corrected chi connectivity index (χ1v) is 16.6. The van der Waals surface area contributed by atoms with Gasteiger partial charge in [-0.3, -0.25) is 14.5 Å². The lowest BCUT2D eigenvalue weighted by Gasteiger charge is -2.43. The second kappa shape index (κ2) is 16.0. The molecule has 0 spiro atoms. The molecule has 2 aromatic rings. The molecule has 2 unspecified atom stereocenters. The molecule has 2 fully saturated rings. The molecule has 4 rings (SSSR count). The van der Waals surface area contributed by atoms with Crippen LogP contribution in [0, 0.1) is 5.92 Å². The molecule has 0 aromatic heterocycles. The van der Waals surface area contributed by atoms with Crippen molar-refractivity contribution >= 4 is 40.7 Å². The zero-order chi connectivity index (χ0) is 33.6. The number of likely N-dealkylation sites (N-methyl/N-ethyl adjacent to an activating group) is 1. The first-order chi connectivity index (χ1) is 21.8. The largest absolute Gasteiger partial charge is 0.416 e. The van der Waals surface area contributed by atoms with E-state index >= 15 is 0 Å². The molecule has 13 heteroatoms. The number of hydrogen-bond donors (Lipinski definition) is 1. The Morgan fingerprint density at radius 2 is 1.72 bits per heavy atom. The number of benzene rings is 2. The lowest BCUT2D eigenvalue weighted by Crippen LogP contribution is -2.61. The van der Waals surface area contributed by atoms with E-state index in [1.807, 2.05) is 25.9 Å². The zero-order valence-electron chi connectivity index (χ0n) is 26.8. The SMILES string of the molecule is CC(CN)CCc1cc(C(F)(F)F)ccc1N1CCN(C(=O)C(Cc2ccc(Cl)cc2Cl)N2CCN(CCN(C)C)CC2=O)CC1. The Morgan fingerprint density at radius 1 is 1.00 bits per heavy atom. The summed E-state index contributed by atoms with van der Waals surface area (Å²) in [4.78, 5) is 37.3. The highest BCUT2D eigenvalue weighted by atomic mass is 35.5. The Morgan fingerprint density at radius 3 is 2.33 bits per heavy atom. The lowest BCUT2D eigenvalue weighted by atomic mass is 9.97. The summed E-state index contributed by atoms with van der Waals surface area (Å²) in [6, 6.07) is 8.31. The number of amides is 2. The van der Waals surface area contributed by atoms with Gasteiger partial charge in [-0.05, 0) is 80.9 Å². The first-order valence-electron chi connectivity index (χ1n) is 15.8. The fraction of sp³-hybridized carbons (Fsp3) is 0.576. The van der Waals surface area contributed by atoms with Gasteiger partial charge in [-0.1, -0.05) is 36.2 Å². The highest BCUT2D eigenvalue weighted by Gasteiger charge is 2.38. The Labute approximate surface area is 280 Å². The topological polar surface area (TPSA) is 76.4 Å². The van der Waals surface area contributed by atoms with E-state index in [0.29, 0.717) is 74.3 Å². The van der Waals surface area contributed by atoms with E-state index < -0.39 is 17.8 Å². The van der Waals surface area contributed by atoms with E-state index in [1.54, 1.807) is 34.1 Å². The third-order valence-corrected chi connectivity index (χ3v) is 9.52. The van der Waals surface area contributed by atoms with Gasteiger partial charge < -0.3 is 25.3 Å². The van der Waals surface area contributed by atoms with E-state index in [1.165, 1.54) is 6.07 Å². The number of hydrogen-bond acceptors (Lipinski definition) is 6. The van der Waals surface area contributed by atoms with Crippen molar-refractivity contribution in [1.82, 2.24) is 19.6 Å². The normalized spacial score (nSPS) is 18.0. The fourth-order valence-electron chi connectivity index (χ4n) is 5.99. The van der Waals surface area contributed by atoms with Gasteiger partial charge in [-0.2, -0.15) is 13.2 Å². The van der Waals surface area contributed by atoms with Crippen LogP contribution in [0.15, 0.2) is 36.4 Å². The maximum atomic E-state index is 14.2. The molecule has 2 amide bonds. The average Bonchev–Trinajstić information content (AvgIpc) is 3.02. The molecule has 46 heavy (non-hydrogen) atoms. The third kappa shape index (κ3) is 9.50. The quantitative estimate of drug-likeness (QED) is 0.355. The van der Waals surface area contributed by atoms with Crippen LogP contribution in [-0.2, 0) is 28.6 Å². The summed E-state index contributed by atoms with van der Waals surface area (Å²) in [6.07, 6.45) is -3.03. The van der Waals surface area contributed by atoms with Crippen LogP contribution in [-0.4, -0.2) is 117 Å². The molecule has 2 heterocycles. The van der Waals surface area contributed by atoms with Crippen molar-refractivity contribution in [2.24, 2.45) is 11.7 Å². The third-order valence-electron chi connectivity index (χ3n) is 8.94. The van der Waals surface area contributed by atoms with Crippen molar-refractivity contribution in [3.8, 4) is 0 Å². The predicted molar refractivity (Wildman–Crippen MR) is 177 cm³/mol. The first kappa shape index (κ1) is 36.3. The number of halogens is 5. The van der Waals surface area contributed by atoms with Crippen LogP contribution in [0.4, 0.5) is 18.9 Å². The van der Waals surface area contributed by atoms with Gasteiger partial charge in [-0.25, -0.2) is 0 Å². The Hall–Kier alpha value is -2.57. The number of aryl methyl sites for hydroxylation is 1. The minimum atomic E-state index is -4.44. The van der Waals surface area contributed by atoms with Crippen LogP contribution in [0.2, 0.25) is 10.0 Å². The Balaban J connectivity index is 1.51. The molecule has 0 saturated carbocycles. The van der Waals surface area contributed by atoms with Crippen molar-refractivity contribution in [2.45, 2.75) is 38.4 Å². The summed E-state index contributed by atoms with van der Waals surface area (Å²) >= 11 is 12.6. The molecule has 2 aromatic carbocycles. The summed E-state index contributed by atoms with van der Waals surface area (Å²) in [6.45, 7) is 7.01. The van der Waals surface area contributed by atoms with Crippen molar-refractivity contribution in [3.05, 3.63) is 63.1 Å². The van der Waals surface area contributed by atoms with E-state index in [0.717, 1.165) is 30.4 Å². The van der Waals surface area contributed by atoms with Crippen molar-refractivity contribution in [1.29, 1.82) is 0 Å². The van der Waals surface area contributed by atoms with Crippen LogP contribution in [0.25, 0.3) is 0 Å². The standard InChI is InChI=1S/C33H45Cl2F3N6O2/c1-23(21-39)4-5-25-18-26(33(36,37)38)7-9-29(25)42-13-15-43(16-14-42)32(46)30(19-24-6-8-27(34)20-28(24)35)44-17-12-41(22-31(44)45)11-10-40(2)3/h6-9,18,20,23,30H,4-5,10-17,19,21-22,39H2,1-3H3. The molecule has 0 bridgehead atoms. The number of carbonyl (C=O) groups is 2. The van der Waals surface area contributed by atoms with Gasteiger partial charge in [0, 0.05) is 74.5 Å². The fourth-order valence-corrected chi connectivity index (χ4v) is 6.48. The van der Waals surface area contributed by atoms with Crippen LogP contribution < -0.4 is 10.6 Å². The summed E-state index contributed by atoms with van der Waals surface area (Å²) in [5.74, 6) is -0.0844. The molecule has 2 aliphatic rings. The number of anilines is 1. The van der Waals surface area contributed by atoms with E-state index in [4.69, 9.17) is 28.9 Å². The molecule has 2 saturated heterocycles. The van der Waals surface area contributed by atoms with Crippen molar-refractivity contribution < 1.29 is 22.8 Å². The van der Waals surface area contributed by atoms with Crippen LogP contribution in [0.1, 0.15) is 30.0 Å². The number of nitrogens with two attached hydrogens (primary N) is 1. The Kier molecular flexibility index (Phi) is 12.6. The summed E-state index contributed by atoms with van der Waals surface area (Å²) in [5, 5.41) is 0.921. The summed E-state index contributed by atoms with van der Waals surface area (Å²) in [5.41, 5.74) is 7.21. The molecular formula is C33H45Cl2F3N6O2. The maximum Gasteiger partial charge on any atom is 0.416 e. The van der Waals surface area contributed by atoms with E-state index in [2.05, 4.69) is 9.80 Å². The van der Waals surface area contributed by atoms with Gasteiger partial charge in [0.05, 0.1) is 12.1 Å². The smallest absolute Gasteiger partial charge is 0.368 e. The molecular weight excluding hydrogens is 640 g/mol. The molecule has 0 radical (unpaired) electrons. The molecule has 8 nitrogen and oxygen atoms in total. The molecule has 2 N–H and O–H groups in total. The maximum absolute atomic E-state index is 14.2. The predicted octanol–water partition coefficient (Wildman–Crippen LogP) is 4.51. The number of nitrogens with zero attached hydrogens (tertiary/aromatic N) is 5. The van der Waals surface area contributed by atoms with Gasteiger partial charge in [0.15, 0.2) is 0 Å². The van der Waals surface area contributed by atoms with E-state index in [-0.39, 0.29) is 30.7 Å². The number of carbonyl (C=O) groups excluding carboxylic acids is 2. The van der Waals surface area contributed by atoms with Gasteiger partial charge in [0.2, 0.25) is 11.8 Å². The average molecular weight is 686 g/mol. The highest BCUT2D eigenvalue weighted by Crippen LogP contribution is 2.34. The number of rotatable bonds is 12. The van der Waals surface area contributed by atoms with Gasteiger partial charge >= 0.3 is 6.18 Å². The van der Waals surface area contributed by atoms with Gasteiger partial charge in [-0.15, -0.1) is 0 Å². The molecule has 2 aliphatic heterocycles. The van der Waals surface area contributed by atoms with Gasteiger partial charge in [0.25, 0.3) is 0 Å². The minimum Gasteiger partial charge on any atom is -0.368 e. The Bertz CT molecular complexity index is 1350. The van der Waals surface area contributed by atoms with Crippen LogP contribution in [0.3, 0.4) is 0 Å². The lowest BCUT2D eigenvalue weighted by molar-refractivity contribution is -0.149. The van der Waals surface area contributed by atoms with E-state index in [9.17, 15) is 22.8 Å². The van der Waals surface area contributed by atoms with Crippen LogP contribution in [0.5, 0.6) is 0 Å². The second-order valence-corrected chi connectivity index (χ2v) is 13.5. The zero-order valence-corrected chi connectivity index (χ0v) is 28.3. The summed E-state index contributed by atoms with van der Waals surface area (Å²) < 4.78 is 40.7. The van der Waals surface area contributed by atoms with Gasteiger partial charge in [0.1, 0.15) is 6.04 Å². The number of piperazine rings is 2. The van der Waals surface area contributed by atoms with Crippen molar-refractivity contribution in [2.75, 3.05) is 84.4 Å². The molecule has 2 atom stereocenters. The second-order valence-electron chi connectivity index (χ2n) is 12.7. The minimum absolute atomic E-state index is 0.104. The molecule has 0 aliphatic carbocycles. The molecule has 254 valence electrons. The van der Waals surface area contributed by atoms with Crippen LogP contribution >= 0.6 is 23.2 Å². The van der Waals surface area contributed by atoms with Crippen molar-refractivity contribution in [3.63, 3.8) is 0 Å².